The van der Waals surface area contributed by atoms with Crippen molar-refractivity contribution < 1.29 is 18.6 Å². The van der Waals surface area contributed by atoms with Crippen LogP contribution in [-0.4, -0.2) is 36.6 Å². The Morgan fingerprint density at radius 2 is 0.786 bits per heavy atom. The van der Waals surface area contributed by atoms with Crippen molar-refractivity contribution in [3.63, 3.8) is 0 Å². The Labute approximate surface area is 354 Å². The summed E-state index contributed by atoms with van der Waals surface area (Å²) in [6, 6.07) is 14.3. The fourth-order valence-electron chi connectivity index (χ4n) is 7.90. The fraction of sp³-hybridized carbons (Fsp3) is 0.609. The summed E-state index contributed by atoms with van der Waals surface area (Å²) in [5.41, 5.74) is 1.03. The van der Waals surface area contributed by atoms with Gasteiger partial charge in [-0.15, -0.1) is 45.3 Å². The van der Waals surface area contributed by atoms with Crippen molar-refractivity contribution in [2.45, 2.75) is 182 Å². The number of thiophene rings is 4. The Kier molecular flexibility index (Phi) is 13.1. The normalized spacial score (nSPS) is 18.7. The summed E-state index contributed by atoms with van der Waals surface area (Å²) in [4.78, 5) is 5.62. The maximum Gasteiger partial charge on any atom is 0.505 e. The second kappa shape index (κ2) is 17.2. The zero-order chi connectivity index (χ0) is 39.9. The van der Waals surface area contributed by atoms with Crippen LogP contribution >= 0.6 is 45.3 Å². The Bertz CT molecular complexity index is 1870. The van der Waals surface area contributed by atoms with Crippen LogP contribution in [0.2, 0.25) is 0 Å². The molecular formula is C46H64B2O4S4. The molecule has 0 N–H and O–H groups in total. The molecule has 302 valence electrons. The van der Waals surface area contributed by atoms with Gasteiger partial charge in [0.15, 0.2) is 0 Å². The van der Waals surface area contributed by atoms with Gasteiger partial charge in [-0.1, -0.05) is 78.1 Å². The van der Waals surface area contributed by atoms with E-state index in [2.05, 4.69) is 106 Å². The number of hydrogen-bond acceptors (Lipinski definition) is 8. The highest BCUT2D eigenvalue weighted by molar-refractivity contribution is 7.31. The zero-order valence-corrected chi connectivity index (χ0v) is 39.1. The molecule has 0 spiro atoms. The number of hydrogen-bond donors (Lipinski definition) is 0. The molecule has 1 aromatic carbocycles. The van der Waals surface area contributed by atoms with Gasteiger partial charge in [0.05, 0.1) is 22.4 Å². The van der Waals surface area contributed by atoms with Gasteiger partial charge in [0.25, 0.3) is 0 Å². The van der Waals surface area contributed by atoms with Crippen LogP contribution in [0.1, 0.15) is 156 Å². The molecule has 2 fully saturated rings. The number of benzene rings is 1. The summed E-state index contributed by atoms with van der Waals surface area (Å²) in [5, 5.41) is 2.59. The highest BCUT2D eigenvalue weighted by atomic mass is 32.1. The smallest absolute Gasteiger partial charge is 0.399 e. The van der Waals surface area contributed by atoms with Crippen molar-refractivity contribution in [1.82, 2.24) is 0 Å². The first-order valence-electron chi connectivity index (χ1n) is 21.6. The molecule has 2 aliphatic rings. The summed E-state index contributed by atoms with van der Waals surface area (Å²) in [5.74, 6) is 0. The topological polar surface area (TPSA) is 36.9 Å². The van der Waals surface area contributed by atoms with E-state index in [0.29, 0.717) is 0 Å². The van der Waals surface area contributed by atoms with Gasteiger partial charge < -0.3 is 18.6 Å². The van der Waals surface area contributed by atoms with Crippen molar-refractivity contribution in [3.8, 4) is 20.9 Å². The number of unbranched alkanes of at least 4 members (excludes halogenated alkanes) is 10. The Hall–Kier alpha value is -1.49. The van der Waals surface area contributed by atoms with E-state index >= 15 is 0 Å². The van der Waals surface area contributed by atoms with Gasteiger partial charge in [-0.25, -0.2) is 0 Å². The average Bonchev–Trinajstić information content (AvgIpc) is 3.98. The molecule has 6 heterocycles. The number of fused-ring (bicyclic) bond motifs is 2. The molecule has 0 radical (unpaired) electrons. The minimum atomic E-state index is -0.408. The lowest BCUT2D eigenvalue weighted by atomic mass is 9.86. The van der Waals surface area contributed by atoms with E-state index in [1.165, 1.54) is 128 Å². The maximum absolute atomic E-state index is 6.71. The SMILES string of the molecule is CCCCCCCCc1ccc(-c2c3cc(B4OC(C)(C)C(C)(C)O4)sc3c(-c3ccc(CCCCCCCC)s3)c3cc(B4OC(C)(C)C(C)(C)O4)sc23)s1. The van der Waals surface area contributed by atoms with Crippen molar-refractivity contribution in [1.29, 1.82) is 0 Å². The molecule has 0 bridgehead atoms. The third kappa shape index (κ3) is 8.71. The molecule has 0 saturated carbocycles. The van der Waals surface area contributed by atoms with Crippen LogP contribution < -0.4 is 9.55 Å². The standard InChI is InChI=1S/C46H64B2O4S4/c1-11-13-15-17-19-21-23-31-25-27-35(53-31)39-33-29-37(47-49-43(3,4)44(5,6)50-47)56-42(33)40(36-28-26-32(54-36)24-22-20-18-16-14-12-2)34-30-38(55-41(34)39)48-51-45(7,8)46(9,10)52-48/h25-30H,11-24H2,1-10H3. The summed E-state index contributed by atoms with van der Waals surface area (Å²) < 4.78 is 31.7. The van der Waals surface area contributed by atoms with E-state index in [1.54, 1.807) is 0 Å². The lowest BCUT2D eigenvalue weighted by Crippen LogP contribution is -2.41. The third-order valence-corrected chi connectivity index (χ3v) is 17.5. The highest BCUT2D eigenvalue weighted by Gasteiger charge is 2.53. The number of aryl methyl sites for hydroxylation is 2. The Balaban J connectivity index is 1.34. The van der Waals surface area contributed by atoms with E-state index in [0.717, 1.165) is 22.4 Å². The fourth-order valence-corrected chi connectivity index (χ4v) is 12.7. The monoisotopic (exact) mass is 830 g/mol. The van der Waals surface area contributed by atoms with E-state index < -0.39 is 36.6 Å². The molecule has 2 saturated heterocycles. The van der Waals surface area contributed by atoms with Crippen molar-refractivity contribution in [2.24, 2.45) is 0 Å². The predicted molar refractivity (Wildman–Crippen MR) is 249 cm³/mol. The van der Waals surface area contributed by atoms with E-state index in [1.807, 2.05) is 45.3 Å². The van der Waals surface area contributed by atoms with E-state index in [9.17, 15) is 0 Å². The molecule has 0 unspecified atom stereocenters. The maximum atomic E-state index is 6.71. The molecule has 56 heavy (non-hydrogen) atoms. The van der Waals surface area contributed by atoms with Crippen LogP contribution in [0, 0.1) is 0 Å². The van der Waals surface area contributed by atoms with Crippen LogP contribution in [-0.2, 0) is 31.5 Å². The molecular weight excluding hydrogens is 766 g/mol. The lowest BCUT2D eigenvalue weighted by molar-refractivity contribution is 0.00578. The average molecular weight is 831 g/mol. The lowest BCUT2D eigenvalue weighted by Gasteiger charge is -2.32. The van der Waals surface area contributed by atoms with Gasteiger partial charge in [0.2, 0.25) is 0 Å². The van der Waals surface area contributed by atoms with E-state index in [4.69, 9.17) is 18.6 Å². The Morgan fingerprint density at radius 1 is 0.446 bits per heavy atom. The quantitative estimate of drug-likeness (QED) is 0.0651. The molecule has 0 amide bonds. The summed E-state index contributed by atoms with van der Waals surface area (Å²) in [6.07, 6.45) is 18.1. The highest BCUT2D eigenvalue weighted by Crippen LogP contribution is 2.51. The first-order chi connectivity index (χ1) is 26.6. The number of rotatable bonds is 18. The minimum Gasteiger partial charge on any atom is -0.399 e. The summed E-state index contributed by atoms with van der Waals surface area (Å²) in [6.45, 7) is 21.8. The molecule has 7 rings (SSSR count). The van der Waals surface area contributed by atoms with Crippen molar-refractivity contribution in [2.75, 3.05) is 0 Å². The molecule has 0 atom stereocenters. The molecule has 4 nitrogen and oxygen atoms in total. The first-order valence-corrected chi connectivity index (χ1v) is 24.8. The predicted octanol–water partition coefficient (Wildman–Crippen LogP) is 14.0. The van der Waals surface area contributed by atoms with E-state index in [-0.39, 0.29) is 0 Å². The third-order valence-electron chi connectivity index (χ3n) is 12.8. The minimum absolute atomic E-state index is 0.407. The van der Waals surface area contributed by atoms with Gasteiger partial charge in [-0.2, -0.15) is 0 Å². The molecule has 10 heteroatoms. The first kappa shape index (κ1) is 42.6. The Morgan fingerprint density at radius 3 is 1.14 bits per heavy atom. The van der Waals surface area contributed by atoms with Gasteiger partial charge in [-0.3, -0.25) is 0 Å². The second-order valence-electron chi connectivity index (χ2n) is 18.3. The molecule has 0 aliphatic carbocycles. The summed E-state index contributed by atoms with van der Waals surface area (Å²) >= 11 is 7.66. The van der Waals surface area contributed by atoms with Gasteiger partial charge in [-0.05, 0) is 117 Å². The zero-order valence-electron chi connectivity index (χ0n) is 35.8. The van der Waals surface area contributed by atoms with Crippen LogP contribution in [0.25, 0.3) is 41.1 Å². The van der Waals surface area contributed by atoms with Crippen LogP contribution in [0.15, 0.2) is 36.4 Å². The molecule has 4 aromatic heterocycles. The van der Waals surface area contributed by atoms with Gasteiger partial charge in [0.1, 0.15) is 0 Å². The largest absolute Gasteiger partial charge is 0.505 e. The second-order valence-corrected chi connectivity index (χ2v) is 22.8. The molecule has 5 aromatic rings. The summed E-state index contributed by atoms with van der Waals surface area (Å²) in [7, 11) is -0.815. The van der Waals surface area contributed by atoms with Crippen LogP contribution in [0.4, 0.5) is 0 Å². The van der Waals surface area contributed by atoms with Gasteiger partial charge >= 0.3 is 14.2 Å². The van der Waals surface area contributed by atoms with Crippen LogP contribution in [0.5, 0.6) is 0 Å². The van der Waals surface area contributed by atoms with Crippen LogP contribution in [0.3, 0.4) is 0 Å². The van der Waals surface area contributed by atoms with Crippen molar-refractivity contribution in [3.05, 3.63) is 46.2 Å². The molecule has 2 aliphatic heterocycles. The van der Waals surface area contributed by atoms with Crippen molar-refractivity contribution >= 4 is 89.3 Å². The van der Waals surface area contributed by atoms with Gasteiger partial charge in [0, 0.05) is 60.4 Å².